The Labute approximate surface area is 209 Å². The highest BCUT2D eigenvalue weighted by atomic mass is 16.2. The molecular formula is C26H30N9O+. The number of pyridine rings is 2. The van der Waals surface area contributed by atoms with Crippen LogP contribution < -0.4 is 20.2 Å². The van der Waals surface area contributed by atoms with Gasteiger partial charge in [0.1, 0.15) is 11.9 Å². The number of H-pyrrole nitrogens is 1. The van der Waals surface area contributed by atoms with E-state index >= 15 is 0 Å². The molecule has 0 radical (unpaired) electrons. The third kappa shape index (κ3) is 4.73. The summed E-state index contributed by atoms with van der Waals surface area (Å²) >= 11 is 0. The van der Waals surface area contributed by atoms with E-state index in [0.717, 1.165) is 59.5 Å². The number of hydrogen-bond acceptors (Lipinski definition) is 5. The van der Waals surface area contributed by atoms with Gasteiger partial charge in [0.25, 0.3) is 0 Å². The zero-order chi connectivity index (χ0) is 25.2. The Bertz CT molecular complexity index is 1420. The largest absolute Gasteiger partial charge is 0.356 e. The molecule has 0 spiro atoms. The quantitative estimate of drug-likeness (QED) is 0.377. The number of aromatic nitrogens is 5. The van der Waals surface area contributed by atoms with Gasteiger partial charge in [-0.05, 0) is 44.9 Å². The molecule has 1 saturated heterocycles. The van der Waals surface area contributed by atoms with Crippen molar-refractivity contribution in [3.05, 3.63) is 54.7 Å². The maximum Gasteiger partial charge on any atom is 0.315 e. The lowest BCUT2D eigenvalue weighted by Gasteiger charge is -2.33. The van der Waals surface area contributed by atoms with E-state index in [1.54, 1.807) is 10.7 Å². The Balaban J connectivity index is 1.37. The smallest absolute Gasteiger partial charge is 0.315 e. The van der Waals surface area contributed by atoms with E-state index in [1.165, 1.54) is 0 Å². The number of anilines is 1. The van der Waals surface area contributed by atoms with Gasteiger partial charge in [0.05, 0.1) is 29.0 Å². The first kappa shape index (κ1) is 23.4. The van der Waals surface area contributed by atoms with Crippen molar-refractivity contribution < 1.29 is 9.48 Å². The minimum Gasteiger partial charge on any atom is -0.356 e. The predicted octanol–water partition coefficient (Wildman–Crippen LogP) is 2.76. The molecule has 2 amide bonds. The molecule has 36 heavy (non-hydrogen) atoms. The Morgan fingerprint density at radius 2 is 2.03 bits per heavy atom. The van der Waals surface area contributed by atoms with E-state index in [9.17, 15) is 10.1 Å². The molecule has 4 aromatic heterocycles. The molecular weight excluding hydrogens is 454 g/mol. The lowest BCUT2D eigenvalue weighted by atomic mass is 10.0. The summed E-state index contributed by atoms with van der Waals surface area (Å²) in [5, 5.41) is 23.2. The molecule has 3 N–H and O–H groups in total. The molecule has 0 bridgehead atoms. The first-order chi connectivity index (χ1) is 17.4. The molecule has 0 aliphatic carbocycles. The highest BCUT2D eigenvalue weighted by molar-refractivity contribution is 5.87. The van der Waals surface area contributed by atoms with E-state index in [-0.39, 0.29) is 18.1 Å². The number of piperidine rings is 1. The van der Waals surface area contributed by atoms with E-state index in [1.807, 2.05) is 62.5 Å². The lowest BCUT2D eigenvalue weighted by molar-refractivity contribution is -0.726. The number of aromatic amines is 1. The molecule has 1 aliphatic heterocycles. The second-order valence-corrected chi connectivity index (χ2v) is 9.51. The molecule has 0 aromatic carbocycles. The number of nitrogens with zero attached hydrogens (tertiary/aromatic N) is 6. The van der Waals surface area contributed by atoms with Crippen LogP contribution in [0.25, 0.3) is 27.8 Å². The normalized spacial score (nSPS) is 14.2. The Morgan fingerprint density at radius 1 is 1.22 bits per heavy atom. The number of fused-ring (bicyclic) bond motifs is 1. The summed E-state index contributed by atoms with van der Waals surface area (Å²) < 4.78 is 3.64. The molecule has 1 aliphatic rings. The van der Waals surface area contributed by atoms with E-state index < -0.39 is 0 Å². The third-order valence-electron chi connectivity index (χ3n) is 6.45. The van der Waals surface area contributed by atoms with Crippen LogP contribution in [-0.4, -0.2) is 50.9 Å². The molecule has 0 atom stereocenters. The fourth-order valence-corrected chi connectivity index (χ4v) is 4.67. The van der Waals surface area contributed by atoms with Gasteiger partial charge >= 0.3 is 6.03 Å². The third-order valence-corrected chi connectivity index (χ3v) is 6.45. The van der Waals surface area contributed by atoms with Crippen LogP contribution in [-0.2, 0) is 7.05 Å². The number of carbonyl (C=O) groups excluding carboxylic acids is 1. The van der Waals surface area contributed by atoms with Crippen molar-refractivity contribution in [1.29, 1.82) is 5.26 Å². The fourth-order valence-electron chi connectivity index (χ4n) is 4.67. The summed E-state index contributed by atoms with van der Waals surface area (Å²) in [7, 11) is 1.94. The predicted molar refractivity (Wildman–Crippen MR) is 136 cm³/mol. The van der Waals surface area contributed by atoms with Crippen molar-refractivity contribution in [2.24, 2.45) is 7.05 Å². The summed E-state index contributed by atoms with van der Waals surface area (Å²) in [6.45, 7) is 5.55. The van der Waals surface area contributed by atoms with Gasteiger partial charge in [-0.25, -0.2) is 14.3 Å². The number of carbonyl (C=O) groups is 1. The number of hydrogen-bond donors (Lipinski definition) is 3. The maximum absolute atomic E-state index is 12.0. The van der Waals surface area contributed by atoms with Crippen LogP contribution in [0.2, 0.25) is 0 Å². The number of rotatable bonds is 5. The molecule has 1 fully saturated rings. The van der Waals surface area contributed by atoms with Gasteiger partial charge in [0.15, 0.2) is 7.05 Å². The minimum atomic E-state index is -0.107. The van der Waals surface area contributed by atoms with Gasteiger partial charge in [-0.15, -0.1) is 4.68 Å². The van der Waals surface area contributed by atoms with Crippen LogP contribution in [0, 0.1) is 11.3 Å². The molecule has 184 valence electrons. The van der Waals surface area contributed by atoms with Crippen molar-refractivity contribution >= 4 is 17.4 Å². The molecule has 5 rings (SSSR count). The first-order valence-electron chi connectivity index (χ1n) is 12.2. The number of aryl methyl sites for hydroxylation is 1. The topological polar surface area (TPSA) is 118 Å². The van der Waals surface area contributed by atoms with E-state index in [2.05, 4.69) is 37.9 Å². The van der Waals surface area contributed by atoms with Crippen molar-refractivity contribution in [1.82, 2.24) is 30.3 Å². The number of amides is 2. The Morgan fingerprint density at radius 3 is 2.67 bits per heavy atom. The Hall–Kier alpha value is -4.39. The van der Waals surface area contributed by atoms with Crippen LogP contribution in [0.15, 0.2) is 49.2 Å². The van der Waals surface area contributed by atoms with Crippen molar-refractivity contribution in [3.8, 4) is 28.3 Å². The summed E-state index contributed by atoms with van der Waals surface area (Å²) in [6.07, 6.45) is 11.1. The number of nitriles is 1. The number of nitrogens with one attached hydrogen (secondary N) is 3. The minimum absolute atomic E-state index is 0.107. The highest BCUT2D eigenvalue weighted by Crippen LogP contribution is 2.32. The summed E-state index contributed by atoms with van der Waals surface area (Å²) in [5.74, 6) is 0.905. The second kappa shape index (κ2) is 9.70. The van der Waals surface area contributed by atoms with Gasteiger partial charge in [-0.2, -0.15) is 15.5 Å². The average molecular weight is 485 g/mol. The fraction of sp³-hybridized carbons (Fsp3) is 0.346. The van der Waals surface area contributed by atoms with Gasteiger partial charge < -0.3 is 15.5 Å². The lowest BCUT2D eigenvalue weighted by Crippen LogP contribution is -2.49. The zero-order valence-electron chi connectivity index (χ0n) is 20.7. The van der Waals surface area contributed by atoms with Crippen LogP contribution in [0.1, 0.15) is 32.3 Å². The molecule has 5 heterocycles. The van der Waals surface area contributed by atoms with Gasteiger partial charge in [0.2, 0.25) is 6.20 Å². The molecule has 0 saturated carbocycles. The van der Waals surface area contributed by atoms with Crippen LogP contribution in [0.3, 0.4) is 0 Å². The van der Waals surface area contributed by atoms with Crippen molar-refractivity contribution in [3.63, 3.8) is 0 Å². The molecule has 4 aromatic rings. The van der Waals surface area contributed by atoms with Gasteiger partial charge in [-0.1, -0.05) is 0 Å². The molecule has 10 heteroatoms. The maximum atomic E-state index is 12.0. The van der Waals surface area contributed by atoms with Crippen molar-refractivity contribution in [2.45, 2.75) is 38.8 Å². The first-order valence-corrected chi connectivity index (χ1v) is 12.2. The van der Waals surface area contributed by atoms with Gasteiger partial charge in [0, 0.05) is 54.3 Å². The highest BCUT2D eigenvalue weighted by Gasteiger charge is 2.22. The van der Waals surface area contributed by atoms with E-state index in [4.69, 9.17) is 4.98 Å². The zero-order valence-corrected chi connectivity index (χ0v) is 20.7. The van der Waals surface area contributed by atoms with Crippen LogP contribution in [0.5, 0.6) is 0 Å². The second-order valence-electron chi connectivity index (χ2n) is 9.51. The summed E-state index contributed by atoms with van der Waals surface area (Å²) in [6, 6.07) is 8.59. The summed E-state index contributed by atoms with van der Waals surface area (Å²) in [5.41, 5.74) is 5.13. The van der Waals surface area contributed by atoms with Crippen molar-refractivity contribution in [2.75, 3.05) is 18.0 Å². The standard InChI is InChI=1S/C26H29N9O/c1-17(2)31-26(36)32-22-6-8-34(9-7-22)24-5-4-18(12-28-24)23-10-19(21-14-29-33(3)15-21)16-35-25(23)20(11-27)13-30-35/h4-5,10,12-17,22H,6-9H2,1-3H3,(H2,31,32,36)/p+1. The Kier molecular flexibility index (Phi) is 6.29. The average Bonchev–Trinajstić information content (AvgIpc) is 3.49. The monoisotopic (exact) mass is 484 g/mol. The van der Waals surface area contributed by atoms with Gasteiger partial charge in [-0.3, -0.25) is 0 Å². The number of urea groups is 1. The SMILES string of the molecule is CC(C)NC(=O)NC1CCN(c2ccc(-c3cc(-c4c[nH][n+](C)c4)cn4ncc(C#N)c34)cn2)CC1. The van der Waals surface area contributed by atoms with Crippen LogP contribution >= 0.6 is 0 Å². The molecule has 10 nitrogen and oxygen atoms in total. The van der Waals surface area contributed by atoms with E-state index in [0.29, 0.717) is 5.56 Å². The summed E-state index contributed by atoms with van der Waals surface area (Å²) in [4.78, 5) is 19.0. The molecule has 0 unspecified atom stereocenters. The van der Waals surface area contributed by atoms with Crippen LogP contribution in [0.4, 0.5) is 10.6 Å².